The van der Waals surface area contributed by atoms with Gasteiger partial charge in [0.1, 0.15) is 0 Å². The van der Waals surface area contributed by atoms with Gasteiger partial charge in [0.15, 0.2) is 5.16 Å². The molecule has 1 unspecified atom stereocenters. The van der Waals surface area contributed by atoms with Crippen LogP contribution < -0.4 is 0 Å². The van der Waals surface area contributed by atoms with E-state index in [9.17, 15) is 4.79 Å². The van der Waals surface area contributed by atoms with Gasteiger partial charge in [0, 0.05) is 18.4 Å². The largest absolute Gasteiger partial charge is 0.481 e. The molecule has 0 aliphatic carbocycles. The average molecular weight is 284 g/mol. The van der Waals surface area contributed by atoms with Gasteiger partial charge in [0.2, 0.25) is 0 Å². The molecule has 1 atom stereocenters. The summed E-state index contributed by atoms with van der Waals surface area (Å²) >= 11 is 1.30. The molecule has 5 heteroatoms. The topological polar surface area (TPSA) is 55.1 Å². The summed E-state index contributed by atoms with van der Waals surface area (Å²) in [6.07, 6.45) is 6.69. The molecule has 4 nitrogen and oxygen atoms in total. The van der Waals surface area contributed by atoms with Crippen LogP contribution in [0.15, 0.2) is 11.4 Å². The first-order valence-corrected chi connectivity index (χ1v) is 7.93. The maximum atomic E-state index is 10.7. The molecular formula is C14H24N2O2S. The molecule has 0 amide bonds. The quantitative estimate of drug-likeness (QED) is 0.704. The van der Waals surface area contributed by atoms with Crippen LogP contribution in [0.3, 0.4) is 0 Å². The van der Waals surface area contributed by atoms with Crippen molar-refractivity contribution in [1.29, 1.82) is 0 Å². The fourth-order valence-corrected chi connectivity index (χ4v) is 2.83. The number of rotatable bonds is 9. The fraction of sp³-hybridized carbons (Fsp3) is 0.714. The zero-order valence-electron chi connectivity index (χ0n) is 12.1. The van der Waals surface area contributed by atoms with Gasteiger partial charge in [-0.1, -0.05) is 44.9 Å². The van der Waals surface area contributed by atoms with E-state index in [0.29, 0.717) is 5.92 Å². The Hall–Kier alpha value is -0.970. The Morgan fingerprint density at radius 1 is 1.53 bits per heavy atom. The third-order valence-corrected chi connectivity index (χ3v) is 4.30. The molecule has 0 fully saturated rings. The van der Waals surface area contributed by atoms with E-state index in [0.717, 1.165) is 23.8 Å². The van der Waals surface area contributed by atoms with Crippen molar-refractivity contribution in [2.24, 2.45) is 5.92 Å². The summed E-state index contributed by atoms with van der Waals surface area (Å²) in [7, 11) is 0. The Balaban J connectivity index is 2.69. The van der Waals surface area contributed by atoms with E-state index in [-0.39, 0.29) is 5.75 Å². The average Bonchev–Trinajstić information content (AvgIpc) is 2.73. The Labute approximate surface area is 119 Å². The molecule has 19 heavy (non-hydrogen) atoms. The lowest BCUT2D eigenvalue weighted by atomic mass is 9.99. The summed E-state index contributed by atoms with van der Waals surface area (Å²) in [6, 6.07) is 0. The lowest BCUT2D eigenvalue weighted by Gasteiger charge is -2.18. The van der Waals surface area contributed by atoms with Gasteiger partial charge in [-0.2, -0.15) is 0 Å². The minimum Gasteiger partial charge on any atom is -0.481 e. The molecule has 0 radical (unpaired) electrons. The molecule has 1 N–H and O–H groups in total. The predicted octanol–water partition coefficient (Wildman–Crippen LogP) is 3.58. The van der Waals surface area contributed by atoms with Crippen molar-refractivity contribution in [3.8, 4) is 0 Å². The molecule has 1 aromatic rings. The van der Waals surface area contributed by atoms with Gasteiger partial charge in [0.25, 0.3) is 0 Å². The van der Waals surface area contributed by atoms with E-state index in [1.54, 1.807) is 0 Å². The lowest BCUT2D eigenvalue weighted by molar-refractivity contribution is -0.133. The normalized spacial score (nSPS) is 12.6. The van der Waals surface area contributed by atoms with Gasteiger partial charge in [-0.3, -0.25) is 4.79 Å². The van der Waals surface area contributed by atoms with Crippen LogP contribution >= 0.6 is 11.8 Å². The van der Waals surface area contributed by atoms with Crippen LogP contribution in [0.25, 0.3) is 0 Å². The number of aromatic nitrogens is 2. The molecule has 0 aromatic carbocycles. The highest BCUT2D eigenvalue weighted by Crippen LogP contribution is 2.22. The number of imidazole rings is 1. The van der Waals surface area contributed by atoms with E-state index in [1.807, 2.05) is 13.1 Å². The van der Waals surface area contributed by atoms with Crippen molar-refractivity contribution in [3.05, 3.63) is 11.9 Å². The highest BCUT2D eigenvalue weighted by atomic mass is 32.2. The first kappa shape index (κ1) is 16.1. The van der Waals surface area contributed by atoms with Crippen molar-refractivity contribution in [2.45, 2.75) is 58.2 Å². The van der Waals surface area contributed by atoms with E-state index in [4.69, 9.17) is 5.11 Å². The second kappa shape index (κ2) is 8.25. The third kappa shape index (κ3) is 5.27. The zero-order valence-corrected chi connectivity index (χ0v) is 12.9. The number of hydrogen-bond donors (Lipinski definition) is 1. The maximum Gasteiger partial charge on any atom is 0.313 e. The Bertz CT molecular complexity index is 404. The summed E-state index contributed by atoms with van der Waals surface area (Å²) in [5.41, 5.74) is 1.11. The standard InChI is InChI=1S/C14H24N2O2S/c1-4-6-7-12(5-2)9-16-11(3)8-15-14(16)19-10-13(17)18/h8,12H,4-7,9-10H2,1-3H3,(H,17,18). The van der Waals surface area contributed by atoms with Crippen LogP contribution in [0.5, 0.6) is 0 Å². The number of carbonyl (C=O) groups is 1. The Kier molecular flexibility index (Phi) is 6.99. The van der Waals surface area contributed by atoms with Crippen molar-refractivity contribution in [3.63, 3.8) is 0 Å². The molecule has 0 spiro atoms. The molecule has 108 valence electrons. The van der Waals surface area contributed by atoms with E-state index in [1.165, 1.54) is 31.0 Å². The molecule has 1 heterocycles. The van der Waals surface area contributed by atoms with Crippen LogP contribution in [-0.2, 0) is 11.3 Å². The smallest absolute Gasteiger partial charge is 0.313 e. The maximum absolute atomic E-state index is 10.7. The molecule has 0 saturated carbocycles. The predicted molar refractivity (Wildman–Crippen MR) is 78.6 cm³/mol. The summed E-state index contributed by atoms with van der Waals surface area (Å²) in [5, 5.41) is 9.59. The van der Waals surface area contributed by atoms with Crippen molar-refractivity contribution >= 4 is 17.7 Å². The van der Waals surface area contributed by atoms with Crippen LogP contribution in [0, 0.1) is 12.8 Å². The minimum atomic E-state index is -0.796. The molecular weight excluding hydrogens is 260 g/mol. The second-order valence-corrected chi connectivity index (χ2v) is 5.83. The molecule has 0 aliphatic heterocycles. The van der Waals surface area contributed by atoms with E-state index >= 15 is 0 Å². The third-order valence-electron chi connectivity index (χ3n) is 3.33. The van der Waals surface area contributed by atoms with E-state index < -0.39 is 5.97 Å². The lowest BCUT2D eigenvalue weighted by Crippen LogP contribution is -2.13. The van der Waals surface area contributed by atoms with Crippen molar-refractivity contribution in [2.75, 3.05) is 5.75 Å². The van der Waals surface area contributed by atoms with E-state index in [2.05, 4.69) is 23.4 Å². The molecule has 1 aromatic heterocycles. The highest BCUT2D eigenvalue weighted by Gasteiger charge is 2.14. The summed E-state index contributed by atoms with van der Waals surface area (Å²) in [4.78, 5) is 15.0. The number of unbranched alkanes of at least 4 members (excludes halogenated alkanes) is 1. The van der Waals surface area contributed by atoms with Crippen LogP contribution in [0.4, 0.5) is 0 Å². The highest BCUT2D eigenvalue weighted by molar-refractivity contribution is 7.99. The fourth-order valence-electron chi connectivity index (χ4n) is 2.08. The molecule has 0 saturated heterocycles. The Morgan fingerprint density at radius 2 is 2.26 bits per heavy atom. The van der Waals surface area contributed by atoms with Gasteiger partial charge in [-0.25, -0.2) is 4.98 Å². The first-order chi connectivity index (χ1) is 9.08. The van der Waals surface area contributed by atoms with Crippen molar-refractivity contribution < 1.29 is 9.90 Å². The monoisotopic (exact) mass is 284 g/mol. The second-order valence-electron chi connectivity index (χ2n) is 4.89. The minimum absolute atomic E-state index is 0.0716. The summed E-state index contributed by atoms with van der Waals surface area (Å²) in [5.74, 6) is -0.0744. The number of nitrogens with zero attached hydrogens (tertiary/aromatic N) is 2. The molecule has 1 rings (SSSR count). The molecule has 0 aliphatic rings. The van der Waals surface area contributed by atoms with Gasteiger partial charge < -0.3 is 9.67 Å². The number of aryl methyl sites for hydroxylation is 1. The summed E-state index contributed by atoms with van der Waals surface area (Å²) in [6.45, 7) is 7.41. The van der Waals surface area contributed by atoms with Crippen molar-refractivity contribution in [1.82, 2.24) is 9.55 Å². The van der Waals surface area contributed by atoms with Gasteiger partial charge in [0.05, 0.1) is 5.75 Å². The number of carboxylic acids is 1. The van der Waals surface area contributed by atoms with Crippen LogP contribution in [-0.4, -0.2) is 26.4 Å². The summed E-state index contributed by atoms with van der Waals surface area (Å²) < 4.78 is 2.16. The van der Waals surface area contributed by atoms with Crippen LogP contribution in [0.1, 0.15) is 45.2 Å². The first-order valence-electron chi connectivity index (χ1n) is 6.95. The number of hydrogen-bond acceptors (Lipinski definition) is 3. The zero-order chi connectivity index (χ0) is 14.3. The Morgan fingerprint density at radius 3 is 2.84 bits per heavy atom. The number of aliphatic carboxylic acids is 1. The SMILES string of the molecule is CCCCC(CC)Cn1c(C)cnc1SCC(=O)O. The van der Waals surface area contributed by atoms with Gasteiger partial charge in [-0.15, -0.1) is 0 Å². The number of carboxylic acid groups (broad SMARTS) is 1. The molecule has 0 bridgehead atoms. The van der Waals surface area contributed by atoms with Gasteiger partial charge in [-0.05, 0) is 19.3 Å². The van der Waals surface area contributed by atoms with Gasteiger partial charge >= 0.3 is 5.97 Å². The number of thioether (sulfide) groups is 1. The van der Waals surface area contributed by atoms with Crippen LogP contribution in [0.2, 0.25) is 0 Å².